The van der Waals surface area contributed by atoms with Gasteiger partial charge in [0.1, 0.15) is 5.82 Å². The number of aromatic amines is 1. The van der Waals surface area contributed by atoms with E-state index in [2.05, 4.69) is 25.0 Å². The minimum atomic E-state index is 0.0377. The molecule has 0 spiro atoms. The molecule has 8 heteroatoms. The Labute approximate surface area is 141 Å². The zero-order valence-electron chi connectivity index (χ0n) is 14.4. The molecule has 1 N–H and O–H groups in total. The second kappa shape index (κ2) is 7.12. The predicted molar refractivity (Wildman–Crippen MR) is 86.9 cm³/mol. The molecule has 2 aromatic rings. The Balaban J connectivity index is 1.62. The second-order valence-electron chi connectivity index (χ2n) is 6.56. The van der Waals surface area contributed by atoms with Crippen LogP contribution in [0.25, 0.3) is 0 Å². The van der Waals surface area contributed by atoms with Crippen molar-refractivity contribution in [2.24, 2.45) is 0 Å². The van der Waals surface area contributed by atoms with E-state index in [-0.39, 0.29) is 17.9 Å². The molecule has 0 bridgehead atoms. The summed E-state index contributed by atoms with van der Waals surface area (Å²) in [5, 5.41) is 4.00. The summed E-state index contributed by atoms with van der Waals surface area (Å²) in [6.45, 7) is 8.54. The van der Waals surface area contributed by atoms with Crippen molar-refractivity contribution in [2.45, 2.75) is 52.2 Å². The molecule has 1 aliphatic heterocycles. The zero-order chi connectivity index (χ0) is 17.1. The normalized spacial score (nSPS) is 18.4. The molecule has 24 heavy (non-hydrogen) atoms. The Morgan fingerprint density at radius 3 is 3.00 bits per heavy atom. The van der Waals surface area contributed by atoms with Crippen LogP contribution in [0.15, 0.2) is 16.9 Å². The summed E-state index contributed by atoms with van der Waals surface area (Å²) in [5.41, 5.74) is 0. The summed E-state index contributed by atoms with van der Waals surface area (Å²) in [7, 11) is 0. The fourth-order valence-electron chi connectivity index (χ4n) is 3.02. The average Bonchev–Trinajstić information content (AvgIpc) is 3.26. The Hall–Kier alpha value is -2.22. The molecule has 1 amide bonds. The first-order chi connectivity index (χ1) is 11.5. The first-order valence-corrected chi connectivity index (χ1v) is 8.33. The smallest absolute Gasteiger partial charge is 0.229 e. The fraction of sp³-hybridized carbons (Fsp3) is 0.625. The molecular weight excluding hydrogens is 308 g/mol. The van der Waals surface area contributed by atoms with Gasteiger partial charge in [-0.1, -0.05) is 19.0 Å². The van der Waals surface area contributed by atoms with Gasteiger partial charge in [0.15, 0.2) is 5.82 Å². The minimum absolute atomic E-state index is 0.0377. The van der Waals surface area contributed by atoms with E-state index in [1.807, 2.05) is 24.9 Å². The van der Waals surface area contributed by atoms with Crippen LogP contribution >= 0.6 is 0 Å². The van der Waals surface area contributed by atoms with E-state index in [1.165, 1.54) is 0 Å². The van der Waals surface area contributed by atoms with Crippen molar-refractivity contribution in [1.82, 2.24) is 29.9 Å². The van der Waals surface area contributed by atoms with Crippen LogP contribution in [0.1, 0.15) is 50.6 Å². The molecule has 1 fully saturated rings. The van der Waals surface area contributed by atoms with Crippen LogP contribution in [0.2, 0.25) is 0 Å². The molecule has 1 saturated heterocycles. The number of nitrogens with one attached hydrogen (secondary N) is 1. The molecule has 130 valence electrons. The SMILES string of the molecule is CC(=O)N(Cc1noc(C(C)C)n1)C1CCN(Cc2ncc[nH]2)C1. The maximum atomic E-state index is 12.1. The number of carbonyl (C=O) groups excluding carboxylic acids is 1. The Morgan fingerprint density at radius 2 is 2.38 bits per heavy atom. The Morgan fingerprint density at radius 1 is 1.54 bits per heavy atom. The van der Waals surface area contributed by atoms with Crippen LogP contribution in [0.3, 0.4) is 0 Å². The zero-order valence-corrected chi connectivity index (χ0v) is 14.4. The van der Waals surface area contributed by atoms with Crippen molar-refractivity contribution in [1.29, 1.82) is 0 Å². The topological polar surface area (TPSA) is 91.2 Å². The average molecular weight is 332 g/mol. The van der Waals surface area contributed by atoms with E-state index in [9.17, 15) is 4.79 Å². The number of H-pyrrole nitrogens is 1. The molecule has 0 saturated carbocycles. The highest BCUT2D eigenvalue weighted by Gasteiger charge is 2.30. The van der Waals surface area contributed by atoms with Crippen LogP contribution in [-0.4, -0.2) is 54.9 Å². The van der Waals surface area contributed by atoms with Gasteiger partial charge >= 0.3 is 0 Å². The van der Waals surface area contributed by atoms with Gasteiger partial charge in [-0.15, -0.1) is 0 Å². The quantitative estimate of drug-likeness (QED) is 0.863. The van der Waals surface area contributed by atoms with Gasteiger partial charge in [-0.05, 0) is 6.42 Å². The van der Waals surface area contributed by atoms with E-state index >= 15 is 0 Å². The molecule has 3 rings (SSSR count). The lowest BCUT2D eigenvalue weighted by Gasteiger charge is -2.26. The van der Waals surface area contributed by atoms with Gasteiger partial charge in [-0.25, -0.2) is 4.98 Å². The molecule has 0 radical (unpaired) electrons. The van der Waals surface area contributed by atoms with E-state index in [0.29, 0.717) is 18.3 Å². The largest absolute Gasteiger partial charge is 0.348 e. The van der Waals surface area contributed by atoms with E-state index in [1.54, 1.807) is 13.1 Å². The summed E-state index contributed by atoms with van der Waals surface area (Å²) in [4.78, 5) is 28.0. The number of aromatic nitrogens is 4. The van der Waals surface area contributed by atoms with E-state index < -0.39 is 0 Å². The van der Waals surface area contributed by atoms with Gasteiger partial charge in [0, 0.05) is 44.4 Å². The fourth-order valence-corrected chi connectivity index (χ4v) is 3.02. The molecule has 2 aromatic heterocycles. The number of rotatable bonds is 6. The summed E-state index contributed by atoms with van der Waals surface area (Å²) in [5.74, 6) is 2.35. The molecule has 1 atom stereocenters. The third-order valence-corrected chi connectivity index (χ3v) is 4.31. The molecular formula is C16H24N6O2. The van der Waals surface area contributed by atoms with Crippen molar-refractivity contribution in [3.8, 4) is 0 Å². The number of hydrogen-bond acceptors (Lipinski definition) is 6. The maximum absolute atomic E-state index is 12.1. The molecule has 3 heterocycles. The lowest BCUT2D eigenvalue weighted by atomic mass is 10.2. The molecule has 0 aromatic carbocycles. The molecule has 8 nitrogen and oxygen atoms in total. The van der Waals surface area contributed by atoms with E-state index in [0.717, 1.165) is 31.9 Å². The molecule has 1 aliphatic rings. The summed E-state index contributed by atoms with van der Waals surface area (Å²) in [6.07, 6.45) is 4.52. The van der Waals surface area contributed by atoms with Crippen LogP contribution in [0, 0.1) is 0 Å². The Kier molecular flexibility index (Phi) is 4.94. The number of hydrogen-bond donors (Lipinski definition) is 1. The highest BCUT2D eigenvalue weighted by Crippen LogP contribution is 2.20. The van der Waals surface area contributed by atoms with Gasteiger partial charge < -0.3 is 14.4 Å². The van der Waals surface area contributed by atoms with Gasteiger partial charge in [0.25, 0.3) is 0 Å². The van der Waals surface area contributed by atoms with Crippen molar-refractivity contribution in [3.05, 3.63) is 29.9 Å². The summed E-state index contributed by atoms with van der Waals surface area (Å²) < 4.78 is 5.24. The highest BCUT2D eigenvalue weighted by atomic mass is 16.5. The van der Waals surface area contributed by atoms with Crippen molar-refractivity contribution >= 4 is 5.91 Å². The van der Waals surface area contributed by atoms with Crippen molar-refractivity contribution in [2.75, 3.05) is 13.1 Å². The predicted octanol–water partition coefficient (Wildman–Crippen LogP) is 1.54. The standard InChI is InChI=1S/C16H24N6O2/c1-11(2)16-19-15(20-24-16)10-22(12(3)23)13-4-7-21(8-13)9-14-17-5-6-18-14/h5-6,11,13H,4,7-10H2,1-3H3,(H,17,18). The first kappa shape index (κ1) is 16.6. The Bertz CT molecular complexity index is 666. The summed E-state index contributed by atoms with van der Waals surface area (Å²) in [6, 6.07) is 0.165. The minimum Gasteiger partial charge on any atom is -0.348 e. The van der Waals surface area contributed by atoms with Gasteiger partial charge in [-0.3, -0.25) is 9.69 Å². The van der Waals surface area contributed by atoms with Gasteiger partial charge in [0.2, 0.25) is 11.8 Å². The lowest BCUT2D eigenvalue weighted by molar-refractivity contribution is -0.131. The number of likely N-dealkylation sites (tertiary alicyclic amines) is 1. The lowest BCUT2D eigenvalue weighted by Crippen LogP contribution is -2.40. The second-order valence-corrected chi connectivity index (χ2v) is 6.56. The number of carbonyl (C=O) groups is 1. The number of imidazole rings is 1. The third kappa shape index (κ3) is 3.81. The van der Waals surface area contributed by atoms with Crippen molar-refractivity contribution in [3.63, 3.8) is 0 Å². The van der Waals surface area contributed by atoms with E-state index in [4.69, 9.17) is 4.52 Å². The first-order valence-electron chi connectivity index (χ1n) is 8.33. The summed E-state index contributed by atoms with van der Waals surface area (Å²) >= 11 is 0. The van der Waals surface area contributed by atoms with Crippen LogP contribution in [0.5, 0.6) is 0 Å². The van der Waals surface area contributed by atoms with Crippen LogP contribution in [-0.2, 0) is 17.9 Å². The highest BCUT2D eigenvalue weighted by molar-refractivity contribution is 5.73. The molecule has 0 aliphatic carbocycles. The monoisotopic (exact) mass is 332 g/mol. The number of amides is 1. The van der Waals surface area contributed by atoms with Crippen molar-refractivity contribution < 1.29 is 9.32 Å². The number of nitrogens with zero attached hydrogens (tertiary/aromatic N) is 5. The van der Waals surface area contributed by atoms with Crippen LogP contribution < -0.4 is 0 Å². The van der Waals surface area contributed by atoms with Gasteiger partial charge in [0.05, 0.1) is 13.1 Å². The van der Waals surface area contributed by atoms with Crippen LogP contribution in [0.4, 0.5) is 0 Å². The molecule has 1 unspecified atom stereocenters. The third-order valence-electron chi connectivity index (χ3n) is 4.31. The maximum Gasteiger partial charge on any atom is 0.229 e. The van der Waals surface area contributed by atoms with Gasteiger partial charge in [-0.2, -0.15) is 4.98 Å².